The number of pyridine rings is 1. The summed E-state index contributed by atoms with van der Waals surface area (Å²) >= 11 is 0. The lowest BCUT2D eigenvalue weighted by Crippen LogP contribution is -2.19. The predicted molar refractivity (Wildman–Crippen MR) is 96.5 cm³/mol. The summed E-state index contributed by atoms with van der Waals surface area (Å²) in [5.41, 5.74) is 3.63. The zero-order valence-electron chi connectivity index (χ0n) is 15.1. The molecule has 1 amide bonds. The van der Waals surface area contributed by atoms with Gasteiger partial charge in [-0.2, -0.15) is 4.98 Å². The third kappa shape index (κ3) is 5.69. The summed E-state index contributed by atoms with van der Waals surface area (Å²) in [7, 11) is 0. The summed E-state index contributed by atoms with van der Waals surface area (Å²) in [6.07, 6.45) is 0.738. The number of hydrogen-bond donors (Lipinski definition) is 4. The molecule has 0 spiro atoms. The maximum atomic E-state index is 12.2. The lowest BCUT2D eigenvalue weighted by atomic mass is 10.1. The molecule has 0 fully saturated rings. The number of rotatable bonds is 4. The molecule has 0 unspecified atom stereocenters. The molecule has 140 valence electrons. The Balaban J connectivity index is 0.00000105. The average molecular weight is 362 g/mol. The van der Waals surface area contributed by atoms with Crippen LogP contribution in [0.2, 0.25) is 0 Å². The van der Waals surface area contributed by atoms with Crippen molar-refractivity contribution >= 4 is 18.1 Å². The SMILES string of the molecule is Cc1cc(=O)[nH]c(C)c1NC(=O)CCc1c(C)nc(=O)[nH]c1C.O=CO. The van der Waals surface area contributed by atoms with Crippen molar-refractivity contribution in [3.05, 3.63) is 55.1 Å². The summed E-state index contributed by atoms with van der Waals surface area (Å²) in [5.74, 6) is -0.159. The van der Waals surface area contributed by atoms with Gasteiger partial charge in [-0.05, 0) is 45.2 Å². The molecule has 4 N–H and O–H groups in total. The second kappa shape index (κ2) is 9.30. The Bertz CT molecular complexity index is 862. The van der Waals surface area contributed by atoms with Crippen LogP contribution in [0.4, 0.5) is 5.69 Å². The Morgan fingerprint density at radius 1 is 1.19 bits per heavy atom. The molecule has 0 saturated heterocycles. The largest absolute Gasteiger partial charge is 0.483 e. The summed E-state index contributed by atoms with van der Waals surface area (Å²) in [6.45, 7) is 6.81. The summed E-state index contributed by atoms with van der Waals surface area (Å²) < 4.78 is 0. The third-order valence-corrected chi connectivity index (χ3v) is 3.75. The summed E-state index contributed by atoms with van der Waals surface area (Å²) in [4.78, 5) is 52.3. The second-order valence-corrected chi connectivity index (χ2v) is 5.70. The molecular formula is C17H22N4O5. The number of carbonyl (C=O) groups excluding carboxylic acids is 1. The minimum atomic E-state index is -0.382. The van der Waals surface area contributed by atoms with E-state index in [9.17, 15) is 14.4 Å². The highest BCUT2D eigenvalue weighted by Crippen LogP contribution is 2.16. The van der Waals surface area contributed by atoms with Gasteiger partial charge in [-0.1, -0.05) is 0 Å². The normalized spacial score (nSPS) is 9.85. The van der Waals surface area contributed by atoms with Gasteiger partial charge >= 0.3 is 5.69 Å². The number of anilines is 1. The smallest absolute Gasteiger partial charge is 0.345 e. The molecular weight excluding hydrogens is 340 g/mol. The molecule has 9 nitrogen and oxygen atoms in total. The van der Waals surface area contributed by atoms with Crippen molar-refractivity contribution in [1.82, 2.24) is 15.0 Å². The fourth-order valence-electron chi connectivity index (χ4n) is 2.60. The molecule has 2 rings (SSSR count). The van der Waals surface area contributed by atoms with E-state index in [4.69, 9.17) is 9.90 Å². The van der Waals surface area contributed by atoms with Gasteiger partial charge in [0.15, 0.2) is 0 Å². The van der Waals surface area contributed by atoms with Crippen molar-refractivity contribution in [2.45, 2.75) is 40.5 Å². The standard InChI is InChI=1S/C16H20N4O3.CH2O2/c1-8-7-14(22)17-11(4)15(8)20-13(21)6-5-12-9(2)18-16(23)19-10(12)3;2-1-3/h7H,5-6H2,1-4H3,(H,17,22)(H,20,21)(H,18,19,23);1H,(H,2,3). The molecule has 0 saturated carbocycles. The Kier molecular flexibility index (Phi) is 7.45. The van der Waals surface area contributed by atoms with Crippen LogP contribution < -0.4 is 16.6 Å². The number of aromatic amines is 2. The first-order chi connectivity index (χ1) is 12.2. The number of aromatic nitrogens is 3. The van der Waals surface area contributed by atoms with E-state index in [1.165, 1.54) is 6.07 Å². The summed E-state index contributed by atoms with van der Waals surface area (Å²) in [5, 5.41) is 9.71. The van der Waals surface area contributed by atoms with Crippen LogP contribution in [0, 0.1) is 27.7 Å². The minimum absolute atomic E-state index is 0.159. The van der Waals surface area contributed by atoms with Crippen molar-refractivity contribution in [3.8, 4) is 0 Å². The van der Waals surface area contributed by atoms with Crippen LogP contribution in [0.25, 0.3) is 0 Å². The van der Waals surface area contributed by atoms with Crippen molar-refractivity contribution in [3.63, 3.8) is 0 Å². The van der Waals surface area contributed by atoms with Crippen LogP contribution in [0.1, 0.15) is 34.6 Å². The number of H-pyrrole nitrogens is 2. The molecule has 2 heterocycles. The molecule has 9 heteroatoms. The first kappa shape index (κ1) is 20.8. The molecule has 0 bridgehead atoms. The van der Waals surface area contributed by atoms with Gasteiger partial charge in [0.25, 0.3) is 6.47 Å². The monoisotopic (exact) mass is 362 g/mol. The summed E-state index contributed by atoms with van der Waals surface area (Å²) in [6, 6.07) is 1.45. The van der Waals surface area contributed by atoms with Gasteiger partial charge in [-0.15, -0.1) is 0 Å². The van der Waals surface area contributed by atoms with Gasteiger partial charge < -0.3 is 20.4 Å². The van der Waals surface area contributed by atoms with Gasteiger partial charge in [0.2, 0.25) is 11.5 Å². The van der Waals surface area contributed by atoms with Gasteiger partial charge in [0.05, 0.1) is 5.69 Å². The Morgan fingerprint density at radius 3 is 2.35 bits per heavy atom. The highest BCUT2D eigenvalue weighted by molar-refractivity contribution is 5.92. The molecule has 0 aromatic carbocycles. The number of carbonyl (C=O) groups is 2. The van der Waals surface area contributed by atoms with Crippen molar-refractivity contribution < 1.29 is 14.7 Å². The molecule has 2 aromatic rings. The average Bonchev–Trinajstić information content (AvgIpc) is 2.50. The molecule has 26 heavy (non-hydrogen) atoms. The van der Waals surface area contributed by atoms with Gasteiger partial charge in [-0.3, -0.25) is 14.4 Å². The van der Waals surface area contributed by atoms with E-state index < -0.39 is 0 Å². The maximum Gasteiger partial charge on any atom is 0.345 e. The van der Waals surface area contributed by atoms with E-state index in [-0.39, 0.29) is 30.0 Å². The Hall–Kier alpha value is -3.23. The highest BCUT2D eigenvalue weighted by atomic mass is 16.3. The van der Waals surface area contributed by atoms with Crippen LogP contribution in [0.5, 0.6) is 0 Å². The number of nitrogens with one attached hydrogen (secondary N) is 3. The topological polar surface area (TPSA) is 145 Å². The lowest BCUT2D eigenvalue weighted by molar-refractivity contribution is -0.123. The van der Waals surface area contributed by atoms with E-state index in [1.54, 1.807) is 27.7 Å². The molecule has 0 aliphatic rings. The fourth-order valence-corrected chi connectivity index (χ4v) is 2.60. The zero-order chi connectivity index (χ0) is 19.9. The second-order valence-electron chi connectivity index (χ2n) is 5.70. The number of amides is 1. The van der Waals surface area contributed by atoms with E-state index >= 15 is 0 Å². The van der Waals surface area contributed by atoms with E-state index in [2.05, 4.69) is 20.3 Å². The lowest BCUT2D eigenvalue weighted by Gasteiger charge is -2.12. The van der Waals surface area contributed by atoms with Crippen LogP contribution in [0.15, 0.2) is 15.7 Å². The zero-order valence-corrected chi connectivity index (χ0v) is 15.1. The molecule has 0 atom stereocenters. The van der Waals surface area contributed by atoms with Crippen LogP contribution in [-0.2, 0) is 16.0 Å². The Labute approximate surface area is 149 Å². The van der Waals surface area contributed by atoms with E-state index in [0.29, 0.717) is 23.5 Å². The molecule has 0 radical (unpaired) electrons. The fraction of sp³-hybridized carbons (Fsp3) is 0.353. The molecule has 0 aliphatic carbocycles. The maximum absolute atomic E-state index is 12.2. The van der Waals surface area contributed by atoms with Gasteiger partial charge in [0, 0.05) is 29.6 Å². The number of carboxylic acid groups (broad SMARTS) is 1. The van der Waals surface area contributed by atoms with E-state index in [1.807, 2.05) is 0 Å². The third-order valence-electron chi connectivity index (χ3n) is 3.75. The minimum Gasteiger partial charge on any atom is -0.483 e. The first-order valence-electron chi connectivity index (χ1n) is 7.84. The number of nitrogens with zero attached hydrogens (tertiary/aromatic N) is 1. The number of hydrogen-bond acceptors (Lipinski definition) is 5. The van der Waals surface area contributed by atoms with Crippen LogP contribution in [-0.4, -0.2) is 32.4 Å². The van der Waals surface area contributed by atoms with Crippen LogP contribution >= 0.6 is 0 Å². The van der Waals surface area contributed by atoms with E-state index in [0.717, 1.165) is 16.8 Å². The molecule has 0 aliphatic heterocycles. The van der Waals surface area contributed by atoms with Crippen molar-refractivity contribution in [2.75, 3.05) is 5.32 Å². The molecule has 2 aromatic heterocycles. The van der Waals surface area contributed by atoms with Crippen molar-refractivity contribution in [2.24, 2.45) is 0 Å². The quantitative estimate of drug-likeness (QED) is 0.596. The highest BCUT2D eigenvalue weighted by Gasteiger charge is 2.11. The van der Waals surface area contributed by atoms with Gasteiger partial charge in [-0.25, -0.2) is 4.79 Å². The Morgan fingerprint density at radius 2 is 1.81 bits per heavy atom. The predicted octanol–water partition coefficient (Wildman–Crippen LogP) is 0.964. The number of aryl methyl sites for hydroxylation is 4. The van der Waals surface area contributed by atoms with Crippen molar-refractivity contribution in [1.29, 1.82) is 0 Å². The first-order valence-corrected chi connectivity index (χ1v) is 7.84. The van der Waals surface area contributed by atoms with Crippen LogP contribution in [0.3, 0.4) is 0 Å². The van der Waals surface area contributed by atoms with Gasteiger partial charge in [0.1, 0.15) is 0 Å².